The molecule has 0 aromatic heterocycles. The van der Waals surface area contributed by atoms with E-state index in [1.165, 1.54) is 12.1 Å². The van der Waals surface area contributed by atoms with E-state index in [0.29, 0.717) is 0 Å². The fourth-order valence-corrected chi connectivity index (χ4v) is 4.17. The third kappa shape index (κ3) is 4.53. The summed E-state index contributed by atoms with van der Waals surface area (Å²) in [4.78, 5) is 24.8. The van der Waals surface area contributed by atoms with Gasteiger partial charge in [-0.3, -0.25) is 9.59 Å². The van der Waals surface area contributed by atoms with E-state index in [1.54, 1.807) is 24.3 Å². The second-order valence-electron chi connectivity index (χ2n) is 6.51. The second-order valence-corrected chi connectivity index (χ2v) is 8.48. The van der Waals surface area contributed by atoms with Crippen LogP contribution in [0.15, 0.2) is 51.9 Å². The molecule has 148 valence electrons. The number of benzene rings is 1. The number of hydrogen-bond acceptors (Lipinski definition) is 6. The van der Waals surface area contributed by atoms with Gasteiger partial charge in [-0.15, -0.1) is 18.1 Å². The number of rotatable bonds is 8. The van der Waals surface area contributed by atoms with Gasteiger partial charge < -0.3 is 9.47 Å². The zero-order valence-electron chi connectivity index (χ0n) is 15.8. The minimum absolute atomic E-state index is 0.0334. The Morgan fingerprint density at radius 1 is 1.18 bits per heavy atom. The molecule has 0 spiro atoms. The third-order valence-electron chi connectivity index (χ3n) is 4.50. The molecule has 0 N–H and O–H groups in total. The molecule has 28 heavy (non-hydrogen) atoms. The molecule has 1 aliphatic rings. The molecule has 0 saturated heterocycles. The normalized spacial score (nSPS) is 13.6. The summed E-state index contributed by atoms with van der Waals surface area (Å²) in [6.07, 6.45) is 8.04. The van der Waals surface area contributed by atoms with E-state index in [4.69, 9.17) is 15.9 Å². The molecule has 0 unspecified atom stereocenters. The highest BCUT2D eigenvalue weighted by molar-refractivity contribution is 7.95. The monoisotopic (exact) mass is 402 g/mol. The number of carbonyl (C=O) groups excluding carboxylic acids is 2. The molecule has 0 atom stereocenters. The van der Waals surface area contributed by atoms with Crippen LogP contribution in [-0.2, 0) is 28.9 Å². The van der Waals surface area contributed by atoms with E-state index in [1.807, 2.05) is 0 Å². The molecule has 7 heteroatoms. The van der Waals surface area contributed by atoms with E-state index < -0.39 is 33.6 Å². The van der Waals surface area contributed by atoms with Gasteiger partial charge in [0.15, 0.2) is 5.41 Å². The van der Waals surface area contributed by atoms with E-state index in [2.05, 4.69) is 11.7 Å². The van der Waals surface area contributed by atoms with E-state index in [-0.39, 0.29) is 22.1 Å². The van der Waals surface area contributed by atoms with Crippen molar-refractivity contribution in [2.24, 2.45) is 11.3 Å². The van der Waals surface area contributed by atoms with Gasteiger partial charge in [0.05, 0.1) is 24.0 Å². The minimum atomic E-state index is -4.01. The van der Waals surface area contributed by atoms with Gasteiger partial charge in [-0.2, -0.15) is 0 Å². The quantitative estimate of drug-likeness (QED) is 0.288. The molecule has 1 aromatic carbocycles. The van der Waals surface area contributed by atoms with Gasteiger partial charge in [-0.1, -0.05) is 18.2 Å². The van der Waals surface area contributed by atoms with E-state index in [0.717, 1.165) is 27.1 Å². The molecule has 6 nitrogen and oxygen atoms in total. The molecule has 0 aliphatic heterocycles. The second kappa shape index (κ2) is 8.92. The Morgan fingerprint density at radius 2 is 1.75 bits per heavy atom. The van der Waals surface area contributed by atoms with Gasteiger partial charge in [-0.25, -0.2) is 8.42 Å². The average Bonchev–Trinajstić information content (AvgIpc) is 3.54. The summed E-state index contributed by atoms with van der Waals surface area (Å²) < 4.78 is 35.9. The van der Waals surface area contributed by atoms with Crippen LogP contribution in [-0.4, -0.2) is 34.6 Å². The maximum Gasteiger partial charge on any atom is 0.324 e. The highest BCUT2D eigenvalue weighted by Gasteiger charge is 2.50. The lowest BCUT2D eigenvalue weighted by atomic mass is 9.81. The SMILES string of the molecule is C#CCC(CC(=C=CC1CC1)S(=O)(=O)c1ccccc1)(C(=O)OC)C(=O)OC. The van der Waals surface area contributed by atoms with Crippen molar-refractivity contribution in [1.82, 2.24) is 0 Å². The molecule has 1 fully saturated rings. The summed E-state index contributed by atoms with van der Waals surface area (Å²) in [5.74, 6) is 0.595. The lowest BCUT2D eigenvalue weighted by molar-refractivity contribution is -0.168. The summed E-state index contributed by atoms with van der Waals surface area (Å²) in [5, 5.41) is 0. The van der Waals surface area contributed by atoms with Crippen LogP contribution in [0.4, 0.5) is 0 Å². The number of ether oxygens (including phenoxy) is 2. The number of carbonyl (C=O) groups is 2. The van der Waals surface area contributed by atoms with Crippen LogP contribution < -0.4 is 0 Å². The largest absolute Gasteiger partial charge is 0.468 e. The van der Waals surface area contributed by atoms with Crippen molar-refractivity contribution in [2.45, 2.75) is 30.6 Å². The Kier molecular flexibility index (Phi) is 6.85. The Morgan fingerprint density at radius 3 is 2.21 bits per heavy atom. The molecule has 0 amide bonds. The number of sulfone groups is 1. The lowest BCUT2D eigenvalue weighted by Crippen LogP contribution is -2.42. The first-order valence-electron chi connectivity index (χ1n) is 8.68. The van der Waals surface area contributed by atoms with E-state index in [9.17, 15) is 18.0 Å². The molecule has 2 rings (SSSR count). The van der Waals surface area contributed by atoms with Crippen molar-refractivity contribution in [1.29, 1.82) is 0 Å². The number of terminal acetylenes is 1. The van der Waals surface area contributed by atoms with Gasteiger partial charge in [0.2, 0.25) is 9.84 Å². The summed E-state index contributed by atoms with van der Waals surface area (Å²) >= 11 is 0. The zero-order valence-corrected chi connectivity index (χ0v) is 16.6. The number of allylic oxidation sites excluding steroid dienone is 1. The smallest absolute Gasteiger partial charge is 0.324 e. The van der Waals surface area contributed by atoms with Gasteiger partial charge in [-0.05, 0) is 37.0 Å². The highest BCUT2D eigenvalue weighted by atomic mass is 32.2. The van der Waals surface area contributed by atoms with Crippen LogP contribution in [0.2, 0.25) is 0 Å². The van der Waals surface area contributed by atoms with Crippen molar-refractivity contribution in [3.05, 3.63) is 47.0 Å². The number of esters is 2. The van der Waals surface area contributed by atoms with Gasteiger partial charge in [0.1, 0.15) is 0 Å². The number of methoxy groups -OCH3 is 2. The molecule has 1 saturated carbocycles. The van der Waals surface area contributed by atoms with Crippen molar-refractivity contribution < 1.29 is 27.5 Å². The predicted octanol–water partition coefficient (Wildman–Crippen LogP) is 2.66. The van der Waals surface area contributed by atoms with Gasteiger partial charge in [0.25, 0.3) is 0 Å². The van der Waals surface area contributed by atoms with Crippen LogP contribution in [0.25, 0.3) is 0 Å². The summed E-state index contributed by atoms with van der Waals surface area (Å²) in [6, 6.07) is 7.74. The summed E-state index contributed by atoms with van der Waals surface area (Å²) in [6.45, 7) is 0. The fraction of sp³-hybridized carbons (Fsp3) is 0.381. The Balaban J connectivity index is 2.63. The van der Waals surface area contributed by atoms with Gasteiger partial charge >= 0.3 is 11.9 Å². The first-order chi connectivity index (χ1) is 13.3. The van der Waals surface area contributed by atoms with Crippen molar-refractivity contribution in [3.63, 3.8) is 0 Å². The first-order valence-corrected chi connectivity index (χ1v) is 10.2. The summed E-state index contributed by atoms with van der Waals surface area (Å²) in [7, 11) is -1.81. The van der Waals surface area contributed by atoms with Crippen molar-refractivity contribution in [3.8, 4) is 12.3 Å². The molecular formula is C21H22O6S. The van der Waals surface area contributed by atoms with Crippen LogP contribution in [0.3, 0.4) is 0 Å². The van der Waals surface area contributed by atoms with Crippen molar-refractivity contribution in [2.75, 3.05) is 14.2 Å². The Hall–Kier alpha value is -2.81. The predicted molar refractivity (Wildman–Crippen MR) is 102 cm³/mol. The molecule has 0 heterocycles. The topological polar surface area (TPSA) is 86.7 Å². The van der Waals surface area contributed by atoms with Crippen molar-refractivity contribution >= 4 is 21.8 Å². The zero-order chi connectivity index (χ0) is 20.8. The lowest BCUT2D eigenvalue weighted by Gasteiger charge is -2.26. The Bertz CT molecular complexity index is 926. The fourth-order valence-electron chi connectivity index (χ4n) is 2.71. The maximum absolute atomic E-state index is 13.2. The first kappa shape index (κ1) is 21.5. The molecule has 0 radical (unpaired) electrons. The minimum Gasteiger partial charge on any atom is -0.468 e. The van der Waals surface area contributed by atoms with Crippen LogP contribution in [0.1, 0.15) is 25.7 Å². The average molecular weight is 402 g/mol. The van der Waals surface area contributed by atoms with Crippen LogP contribution in [0, 0.1) is 23.7 Å². The van der Waals surface area contributed by atoms with Crippen LogP contribution >= 0.6 is 0 Å². The van der Waals surface area contributed by atoms with Crippen LogP contribution in [0.5, 0.6) is 0 Å². The molecule has 1 aromatic rings. The van der Waals surface area contributed by atoms with E-state index >= 15 is 0 Å². The molecular weight excluding hydrogens is 380 g/mol. The standard InChI is InChI=1S/C21H22O6S/c1-4-14-21(19(22)26-2,20(23)27-3)15-18(13-12-16-10-11-16)28(24,25)17-8-6-5-7-9-17/h1,5-9,12,16H,10-11,14-15H2,2-3H3. The third-order valence-corrected chi connectivity index (χ3v) is 6.30. The summed E-state index contributed by atoms with van der Waals surface area (Å²) in [5.41, 5.74) is 0.839. The Labute approximate surface area is 165 Å². The van der Waals surface area contributed by atoms with Gasteiger partial charge in [0, 0.05) is 12.8 Å². The molecule has 1 aliphatic carbocycles. The number of hydrogen-bond donors (Lipinski definition) is 0. The molecule has 0 bridgehead atoms. The highest BCUT2D eigenvalue weighted by Crippen LogP contribution is 2.37. The maximum atomic E-state index is 13.2.